The van der Waals surface area contributed by atoms with Gasteiger partial charge < -0.3 is 14.2 Å². The van der Waals surface area contributed by atoms with Crippen LogP contribution >= 0.6 is 0 Å². The number of para-hydroxylation sites is 2. The van der Waals surface area contributed by atoms with E-state index in [9.17, 15) is 4.79 Å². The first-order chi connectivity index (χ1) is 9.31. The number of methoxy groups -OCH3 is 1. The summed E-state index contributed by atoms with van der Waals surface area (Å²) < 4.78 is 15.5. The summed E-state index contributed by atoms with van der Waals surface area (Å²) in [6, 6.07) is 15.9. The number of esters is 1. The molecule has 0 N–H and O–H groups in total. The van der Waals surface area contributed by atoms with E-state index < -0.39 is 5.97 Å². The summed E-state index contributed by atoms with van der Waals surface area (Å²) in [7, 11) is 1.55. The van der Waals surface area contributed by atoms with E-state index in [2.05, 4.69) is 0 Å². The second-order valence-corrected chi connectivity index (χ2v) is 3.71. The summed E-state index contributed by atoms with van der Waals surface area (Å²) >= 11 is 0. The Hall–Kier alpha value is -2.49. The van der Waals surface area contributed by atoms with Crippen LogP contribution in [0.15, 0.2) is 54.6 Å². The lowest BCUT2D eigenvalue weighted by Gasteiger charge is -2.10. The second-order valence-electron chi connectivity index (χ2n) is 3.71. The van der Waals surface area contributed by atoms with E-state index in [0.29, 0.717) is 17.1 Å². The van der Waals surface area contributed by atoms with Crippen molar-refractivity contribution in [1.82, 2.24) is 0 Å². The lowest BCUT2D eigenvalue weighted by molar-refractivity contribution is 0.0147. The minimum absolute atomic E-state index is 0.159. The van der Waals surface area contributed by atoms with E-state index in [1.54, 1.807) is 43.5 Å². The molecule has 98 valence electrons. The Morgan fingerprint density at radius 1 is 0.947 bits per heavy atom. The first-order valence-electron chi connectivity index (χ1n) is 5.79. The minimum Gasteiger partial charge on any atom is -0.493 e. The fourth-order valence-electron chi connectivity index (χ4n) is 1.54. The van der Waals surface area contributed by atoms with Crippen LogP contribution < -0.4 is 9.47 Å². The number of benzene rings is 2. The second kappa shape index (κ2) is 6.44. The predicted molar refractivity (Wildman–Crippen MR) is 70.3 cm³/mol. The summed E-state index contributed by atoms with van der Waals surface area (Å²) in [5, 5.41) is 0. The van der Waals surface area contributed by atoms with Crippen LogP contribution in [-0.2, 0) is 4.74 Å². The van der Waals surface area contributed by atoms with Crippen molar-refractivity contribution in [2.45, 2.75) is 0 Å². The van der Waals surface area contributed by atoms with Gasteiger partial charge in [0.05, 0.1) is 12.7 Å². The van der Waals surface area contributed by atoms with Crippen LogP contribution in [0.2, 0.25) is 0 Å². The Morgan fingerprint density at radius 2 is 1.58 bits per heavy atom. The van der Waals surface area contributed by atoms with Gasteiger partial charge in [0.1, 0.15) is 0 Å². The molecular weight excluding hydrogens is 244 g/mol. The van der Waals surface area contributed by atoms with Crippen molar-refractivity contribution < 1.29 is 19.0 Å². The molecule has 0 saturated carbocycles. The number of hydrogen-bond acceptors (Lipinski definition) is 4. The average molecular weight is 258 g/mol. The molecule has 2 rings (SSSR count). The van der Waals surface area contributed by atoms with Crippen LogP contribution in [0, 0.1) is 0 Å². The third-order valence-corrected chi connectivity index (χ3v) is 2.48. The molecule has 0 heterocycles. The molecule has 0 unspecified atom stereocenters. The third-order valence-electron chi connectivity index (χ3n) is 2.48. The van der Waals surface area contributed by atoms with Crippen LogP contribution in [0.3, 0.4) is 0 Å². The Balaban J connectivity index is 1.88. The average Bonchev–Trinajstić information content (AvgIpc) is 2.48. The Labute approximate surface area is 111 Å². The molecule has 0 spiro atoms. The van der Waals surface area contributed by atoms with Crippen LogP contribution in [-0.4, -0.2) is 19.9 Å². The minimum atomic E-state index is -0.421. The molecule has 19 heavy (non-hydrogen) atoms. The van der Waals surface area contributed by atoms with Crippen LogP contribution in [0.5, 0.6) is 11.5 Å². The lowest BCUT2D eigenvalue weighted by Crippen LogP contribution is -2.10. The Morgan fingerprint density at radius 3 is 2.26 bits per heavy atom. The predicted octanol–water partition coefficient (Wildman–Crippen LogP) is 2.89. The monoisotopic (exact) mass is 258 g/mol. The molecule has 0 amide bonds. The van der Waals surface area contributed by atoms with Gasteiger partial charge in [-0.25, -0.2) is 4.79 Å². The molecule has 0 fully saturated rings. The molecule has 0 aliphatic heterocycles. The molecule has 4 heteroatoms. The number of rotatable bonds is 5. The molecule has 0 aliphatic carbocycles. The first-order valence-corrected chi connectivity index (χ1v) is 5.79. The molecule has 0 bridgehead atoms. The summed E-state index contributed by atoms with van der Waals surface area (Å²) in [5.41, 5.74) is 0.492. The quantitative estimate of drug-likeness (QED) is 0.611. The van der Waals surface area contributed by atoms with E-state index in [0.717, 1.165) is 0 Å². The van der Waals surface area contributed by atoms with E-state index >= 15 is 0 Å². The van der Waals surface area contributed by atoms with Gasteiger partial charge in [0.2, 0.25) is 6.79 Å². The smallest absolute Gasteiger partial charge is 0.340 e. The van der Waals surface area contributed by atoms with Crippen molar-refractivity contribution in [2.75, 3.05) is 13.9 Å². The first kappa shape index (κ1) is 13.0. The number of hydrogen-bond donors (Lipinski definition) is 0. The Bertz CT molecular complexity index is 537. The molecule has 0 aromatic heterocycles. The van der Waals surface area contributed by atoms with Gasteiger partial charge in [-0.1, -0.05) is 30.3 Å². The maximum Gasteiger partial charge on any atom is 0.340 e. The van der Waals surface area contributed by atoms with Crippen molar-refractivity contribution in [1.29, 1.82) is 0 Å². The normalized spacial score (nSPS) is 9.74. The summed E-state index contributed by atoms with van der Waals surface area (Å²) in [5.74, 6) is 0.708. The Kier molecular flexibility index (Phi) is 4.39. The molecule has 0 atom stereocenters. The van der Waals surface area contributed by atoms with Gasteiger partial charge in [-0.05, 0) is 24.3 Å². The maximum absolute atomic E-state index is 11.7. The van der Waals surface area contributed by atoms with E-state index in [1.165, 1.54) is 0 Å². The summed E-state index contributed by atoms with van der Waals surface area (Å²) in [6.07, 6.45) is 0. The van der Waals surface area contributed by atoms with Gasteiger partial charge in [0.15, 0.2) is 11.5 Å². The topological polar surface area (TPSA) is 44.8 Å². The van der Waals surface area contributed by atoms with Gasteiger partial charge in [0.25, 0.3) is 0 Å². The van der Waals surface area contributed by atoms with Crippen molar-refractivity contribution in [3.63, 3.8) is 0 Å². The van der Waals surface area contributed by atoms with Gasteiger partial charge in [0, 0.05) is 0 Å². The van der Waals surface area contributed by atoms with Crippen LogP contribution in [0.25, 0.3) is 0 Å². The fraction of sp³-hybridized carbons (Fsp3) is 0.133. The van der Waals surface area contributed by atoms with Gasteiger partial charge in [-0.3, -0.25) is 0 Å². The van der Waals surface area contributed by atoms with E-state index in [-0.39, 0.29) is 6.79 Å². The van der Waals surface area contributed by atoms with Crippen molar-refractivity contribution in [3.05, 3.63) is 60.2 Å². The van der Waals surface area contributed by atoms with Crippen molar-refractivity contribution in [2.24, 2.45) is 0 Å². The zero-order chi connectivity index (χ0) is 13.5. The molecule has 4 nitrogen and oxygen atoms in total. The number of carbonyl (C=O) groups excluding carboxylic acids is 1. The third kappa shape index (κ3) is 3.48. The molecule has 2 aromatic rings. The molecule has 2 aromatic carbocycles. The summed E-state index contributed by atoms with van der Waals surface area (Å²) in [4.78, 5) is 11.7. The highest BCUT2D eigenvalue weighted by atomic mass is 16.7. The molecule has 0 aliphatic rings. The highest BCUT2D eigenvalue weighted by molar-refractivity contribution is 5.89. The molecule has 0 radical (unpaired) electrons. The maximum atomic E-state index is 11.7. The largest absolute Gasteiger partial charge is 0.493 e. The van der Waals surface area contributed by atoms with Gasteiger partial charge in [-0.2, -0.15) is 0 Å². The van der Waals surface area contributed by atoms with Crippen molar-refractivity contribution >= 4 is 5.97 Å². The summed E-state index contributed by atoms with van der Waals surface area (Å²) in [6.45, 7) is -0.159. The SMILES string of the molecule is COc1ccccc1OCOC(=O)c1ccccc1. The highest BCUT2D eigenvalue weighted by Crippen LogP contribution is 2.25. The zero-order valence-electron chi connectivity index (χ0n) is 10.5. The van der Waals surface area contributed by atoms with Gasteiger partial charge in [-0.15, -0.1) is 0 Å². The van der Waals surface area contributed by atoms with E-state index in [1.807, 2.05) is 18.2 Å². The molecule has 0 saturated heterocycles. The van der Waals surface area contributed by atoms with Crippen LogP contribution in [0.1, 0.15) is 10.4 Å². The lowest BCUT2D eigenvalue weighted by atomic mass is 10.2. The highest BCUT2D eigenvalue weighted by Gasteiger charge is 2.07. The number of carbonyl (C=O) groups is 1. The zero-order valence-corrected chi connectivity index (χ0v) is 10.5. The van der Waals surface area contributed by atoms with Crippen molar-refractivity contribution in [3.8, 4) is 11.5 Å². The van der Waals surface area contributed by atoms with Gasteiger partial charge >= 0.3 is 5.97 Å². The fourth-order valence-corrected chi connectivity index (χ4v) is 1.54. The van der Waals surface area contributed by atoms with E-state index in [4.69, 9.17) is 14.2 Å². The standard InChI is InChI=1S/C15H14O4/c1-17-13-9-5-6-10-14(13)18-11-19-15(16)12-7-3-2-4-8-12/h2-10H,11H2,1H3. The number of ether oxygens (including phenoxy) is 3. The van der Waals surface area contributed by atoms with Crippen LogP contribution in [0.4, 0.5) is 0 Å². The molecular formula is C15H14O4.